The average Bonchev–Trinajstić information content (AvgIpc) is 2.81. The first-order chi connectivity index (χ1) is 15.7. The van der Waals surface area contributed by atoms with Crippen LogP contribution in [0.1, 0.15) is 0 Å². The molecule has 0 radical (unpaired) electrons. The number of nitrogens with zero attached hydrogens (tertiary/aromatic N) is 2. The number of amides is 2. The van der Waals surface area contributed by atoms with Gasteiger partial charge in [0.05, 0.1) is 39.5 Å². The topological polar surface area (TPSA) is 83.1 Å². The number of nitrogens with one attached hydrogen (secondary N) is 2. The van der Waals surface area contributed by atoms with Gasteiger partial charge in [-0.3, -0.25) is 19.4 Å². The minimum absolute atomic E-state index is 0.0168. The normalized spacial score (nSPS) is 17.6. The fraction of sp³-hybridized carbons (Fsp3) is 0.417. The molecule has 8 nitrogen and oxygen atoms in total. The fourth-order valence-electron chi connectivity index (χ4n) is 3.82. The summed E-state index contributed by atoms with van der Waals surface area (Å²) >= 11 is 0. The van der Waals surface area contributed by atoms with Crippen molar-refractivity contribution < 1.29 is 19.1 Å². The van der Waals surface area contributed by atoms with Crippen molar-refractivity contribution in [3.63, 3.8) is 0 Å². The summed E-state index contributed by atoms with van der Waals surface area (Å²) in [5.74, 6) is -0.0337. The van der Waals surface area contributed by atoms with Crippen LogP contribution in [-0.4, -0.2) is 87.3 Å². The maximum atomic E-state index is 12.2. The summed E-state index contributed by atoms with van der Waals surface area (Å²) in [6.07, 6.45) is 0. The Morgan fingerprint density at radius 1 is 0.625 bits per heavy atom. The molecular formula is C24H30N4O4. The molecule has 32 heavy (non-hydrogen) atoms. The molecule has 0 atom stereocenters. The van der Waals surface area contributed by atoms with Gasteiger partial charge in [0, 0.05) is 37.6 Å². The number of hydrogen-bond acceptors (Lipinski definition) is 6. The van der Waals surface area contributed by atoms with Crippen molar-refractivity contribution in [1.82, 2.24) is 9.80 Å². The van der Waals surface area contributed by atoms with Crippen molar-refractivity contribution in [2.45, 2.75) is 0 Å². The van der Waals surface area contributed by atoms with Crippen LogP contribution in [0.15, 0.2) is 48.5 Å². The molecule has 2 fully saturated rings. The Bertz CT molecular complexity index is 814. The number of benzene rings is 2. The molecule has 0 spiro atoms. The summed E-state index contributed by atoms with van der Waals surface area (Å²) in [4.78, 5) is 28.7. The minimum atomic E-state index is -0.0168. The first kappa shape index (κ1) is 22.4. The zero-order chi connectivity index (χ0) is 22.2. The summed E-state index contributed by atoms with van der Waals surface area (Å²) in [5.41, 5.74) is 3.64. The predicted octanol–water partition coefficient (Wildman–Crippen LogP) is 1.90. The molecule has 2 aliphatic heterocycles. The smallest absolute Gasteiger partial charge is 0.238 e. The molecule has 0 saturated carbocycles. The Morgan fingerprint density at radius 3 is 1.31 bits per heavy atom. The number of rotatable bonds is 7. The molecule has 2 aliphatic rings. The number of hydrogen-bond donors (Lipinski definition) is 2. The first-order valence-electron chi connectivity index (χ1n) is 11.1. The van der Waals surface area contributed by atoms with E-state index in [1.165, 1.54) is 0 Å². The van der Waals surface area contributed by atoms with Gasteiger partial charge in [0.15, 0.2) is 0 Å². The van der Waals surface area contributed by atoms with Gasteiger partial charge in [0.25, 0.3) is 0 Å². The Kier molecular flexibility index (Phi) is 7.84. The molecule has 2 N–H and O–H groups in total. The average molecular weight is 439 g/mol. The van der Waals surface area contributed by atoms with E-state index in [-0.39, 0.29) is 11.8 Å². The van der Waals surface area contributed by atoms with Gasteiger partial charge in [-0.1, -0.05) is 24.3 Å². The minimum Gasteiger partial charge on any atom is -0.379 e. The second-order valence-electron chi connectivity index (χ2n) is 8.03. The van der Waals surface area contributed by atoms with Crippen LogP contribution in [-0.2, 0) is 19.1 Å². The van der Waals surface area contributed by atoms with E-state index in [1.54, 1.807) is 0 Å². The van der Waals surface area contributed by atoms with Crippen LogP contribution in [0.4, 0.5) is 11.4 Å². The molecule has 0 unspecified atom stereocenters. The van der Waals surface area contributed by atoms with Crippen LogP contribution in [0, 0.1) is 0 Å². The first-order valence-corrected chi connectivity index (χ1v) is 11.1. The van der Waals surface area contributed by atoms with Crippen molar-refractivity contribution >= 4 is 23.2 Å². The maximum Gasteiger partial charge on any atom is 0.238 e. The molecule has 170 valence electrons. The second kappa shape index (κ2) is 11.2. The summed E-state index contributed by atoms with van der Waals surface area (Å²) in [6, 6.07) is 15.6. The van der Waals surface area contributed by atoms with Crippen LogP contribution in [0.3, 0.4) is 0 Å². The van der Waals surface area contributed by atoms with Crippen molar-refractivity contribution in [3.8, 4) is 11.1 Å². The molecule has 4 rings (SSSR count). The van der Waals surface area contributed by atoms with E-state index in [2.05, 4.69) is 20.4 Å². The highest BCUT2D eigenvalue weighted by Gasteiger charge is 2.15. The molecule has 2 heterocycles. The molecule has 2 aromatic rings. The number of ether oxygens (including phenoxy) is 2. The van der Waals surface area contributed by atoms with Gasteiger partial charge < -0.3 is 20.1 Å². The van der Waals surface area contributed by atoms with Crippen molar-refractivity contribution in [1.29, 1.82) is 0 Å². The van der Waals surface area contributed by atoms with Crippen molar-refractivity contribution in [2.24, 2.45) is 0 Å². The summed E-state index contributed by atoms with van der Waals surface area (Å²) in [5, 5.41) is 5.90. The Morgan fingerprint density at radius 2 is 0.969 bits per heavy atom. The monoisotopic (exact) mass is 438 g/mol. The molecule has 2 amide bonds. The van der Waals surface area contributed by atoms with Gasteiger partial charge in [0.1, 0.15) is 0 Å². The standard InChI is InChI=1S/C24H30N4O4/c29-23(17-27-9-13-31-14-10-27)25-21-5-1-19(2-6-21)20-3-7-22(8-4-20)26-24(30)18-28-11-15-32-16-12-28/h1-8H,9-18H2,(H,25,29)(H,26,30). The van der Waals surface area contributed by atoms with Crippen LogP contribution in [0.25, 0.3) is 11.1 Å². The van der Waals surface area contributed by atoms with E-state index in [1.807, 2.05) is 48.5 Å². The number of morpholine rings is 2. The van der Waals surface area contributed by atoms with E-state index < -0.39 is 0 Å². The van der Waals surface area contributed by atoms with Gasteiger partial charge in [-0.05, 0) is 35.4 Å². The Balaban J connectivity index is 1.27. The zero-order valence-corrected chi connectivity index (χ0v) is 18.2. The molecule has 0 aliphatic carbocycles. The highest BCUT2D eigenvalue weighted by molar-refractivity contribution is 5.93. The molecule has 0 bridgehead atoms. The highest BCUT2D eigenvalue weighted by atomic mass is 16.5. The quantitative estimate of drug-likeness (QED) is 0.687. The van der Waals surface area contributed by atoms with Crippen molar-refractivity contribution in [3.05, 3.63) is 48.5 Å². The van der Waals surface area contributed by atoms with Gasteiger partial charge in [-0.15, -0.1) is 0 Å². The Hall–Kier alpha value is -2.78. The molecule has 2 saturated heterocycles. The zero-order valence-electron chi connectivity index (χ0n) is 18.2. The highest BCUT2D eigenvalue weighted by Crippen LogP contribution is 2.23. The van der Waals surface area contributed by atoms with Gasteiger partial charge in [-0.2, -0.15) is 0 Å². The van der Waals surface area contributed by atoms with Crippen LogP contribution in [0.2, 0.25) is 0 Å². The third kappa shape index (κ3) is 6.61. The largest absolute Gasteiger partial charge is 0.379 e. The molecule has 2 aromatic carbocycles. The number of anilines is 2. The van der Waals surface area contributed by atoms with Crippen LogP contribution in [0.5, 0.6) is 0 Å². The molecular weight excluding hydrogens is 408 g/mol. The summed E-state index contributed by atoms with van der Waals surface area (Å²) in [7, 11) is 0. The molecule has 0 aromatic heterocycles. The lowest BCUT2D eigenvalue weighted by atomic mass is 10.0. The van der Waals surface area contributed by atoms with E-state index in [9.17, 15) is 9.59 Å². The third-order valence-corrected chi connectivity index (χ3v) is 5.61. The Labute approximate surface area is 188 Å². The van der Waals surface area contributed by atoms with E-state index in [0.29, 0.717) is 39.5 Å². The third-order valence-electron chi connectivity index (χ3n) is 5.61. The van der Waals surface area contributed by atoms with E-state index in [4.69, 9.17) is 9.47 Å². The lowest BCUT2D eigenvalue weighted by molar-refractivity contribution is -0.119. The second-order valence-corrected chi connectivity index (χ2v) is 8.03. The summed E-state index contributed by atoms with van der Waals surface area (Å²) < 4.78 is 10.6. The SMILES string of the molecule is O=C(CN1CCOCC1)Nc1ccc(-c2ccc(NC(=O)CN3CCOCC3)cc2)cc1. The van der Waals surface area contributed by atoms with E-state index in [0.717, 1.165) is 48.7 Å². The van der Waals surface area contributed by atoms with Crippen molar-refractivity contribution in [2.75, 3.05) is 76.3 Å². The van der Waals surface area contributed by atoms with Gasteiger partial charge in [-0.25, -0.2) is 0 Å². The lowest BCUT2D eigenvalue weighted by Gasteiger charge is -2.25. The lowest BCUT2D eigenvalue weighted by Crippen LogP contribution is -2.41. The number of carbonyl (C=O) groups excluding carboxylic acids is 2. The number of carbonyl (C=O) groups is 2. The van der Waals surface area contributed by atoms with E-state index >= 15 is 0 Å². The maximum absolute atomic E-state index is 12.2. The van der Waals surface area contributed by atoms with Crippen LogP contribution < -0.4 is 10.6 Å². The van der Waals surface area contributed by atoms with Gasteiger partial charge >= 0.3 is 0 Å². The van der Waals surface area contributed by atoms with Gasteiger partial charge in [0.2, 0.25) is 11.8 Å². The fourth-order valence-corrected chi connectivity index (χ4v) is 3.82. The molecule has 8 heteroatoms. The predicted molar refractivity (Wildman–Crippen MR) is 124 cm³/mol. The van der Waals surface area contributed by atoms with Crippen LogP contribution >= 0.6 is 0 Å². The summed E-state index contributed by atoms with van der Waals surface area (Å²) in [6.45, 7) is 6.62.